The topological polar surface area (TPSA) is 33.7 Å². The molecule has 1 rings (SSSR count). The fraction of sp³-hybridized carbons (Fsp3) is 0.600. The first-order chi connectivity index (χ1) is 9.26. The molecule has 0 aliphatic rings. The molecule has 4 nitrogen and oxygen atoms in total. The zero-order valence-electron chi connectivity index (χ0n) is 12.3. The predicted octanol–water partition coefficient (Wildman–Crippen LogP) is 2.01. The second-order valence-corrected chi connectivity index (χ2v) is 4.51. The average molecular weight is 266 g/mol. The molecular weight excluding hydrogens is 240 g/mol. The molecule has 1 N–H and O–H groups in total. The summed E-state index contributed by atoms with van der Waals surface area (Å²) in [6.45, 7) is 6.48. The number of nitrogens with one attached hydrogen (secondary N) is 1. The SMILES string of the molecule is CCOc1ccc(OCCN(C)CCCNC)cc1. The van der Waals surface area contributed by atoms with Crippen molar-refractivity contribution in [2.45, 2.75) is 13.3 Å². The standard InChI is InChI=1S/C15H26N2O2/c1-4-18-14-6-8-15(9-7-14)19-13-12-17(3)11-5-10-16-2/h6-9,16H,4-5,10-13H2,1-3H3. The summed E-state index contributed by atoms with van der Waals surface area (Å²) in [4.78, 5) is 2.28. The van der Waals surface area contributed by atoms with Gasteiger partial charge in [-0.25, -0.2) is 0 Å². The van der Waals surface area contributed by atoms with Gasteiger partial charge in [0.1, 0.15) is 18.1 Å². The summed E-state index contributed by atoms with van der Waals surface area (Å²) in [5, 5.41) is 3.15. The highest BCUT2D eigenvalue weighted by molar-refractivity contribution is 5.31. The molecule has 1 aromatic rings. The van der Waals surface area contributed by atoms with E-state index in [1.54, 1.807) is 0 Å². The Hall–Kier alpha value is -1.26. The third-order valence-electron chi connectivity index (χ3n) is 2.84. The van der Waals surface area contributed by atoms with Crippen molar-refractivity contribution in [2.75, 3.05) is 46.9 Å². The summed E-state index contributed by atoms with van der Waals surface area (Å²) >= 11 is 0. The Labute approximate surface area is 116 Å². The van der Waals surface area contributed by atoms with Gasteiger partial charge in [-0.05, 0) is 64.8 Å². The lowest BCUT2D eigenvalue weighted by Gasteiger charge is -2.16. The molecule has 0 fully saturated rings. The van der Waals surface area contributed by atoms with E-state index in [2.05, 4.69) is 17.3 Å². The molecule has 0 aromatic heterocycles. The molecule has 0 atom stereocenters. The van der Waals surface area contributed by atoms with Crippen molar-refractivity contribution in [1.82, 2.24) is 10.2 Å². The zero-order chi connectivity index (χ0) is 13.9. The van der Waals surface area contributed by atoms with Gasteiger partial charge in [-0.1, -0.05) is 0 Å². The largest absolute Gasteiger partial charge is 0.494 e. The quantitative estimate of drug-likeness (QED) is 0.657. The summed E-state index contributed by atoms with van der Waals surface area (Å²) in [5.74, 6) is 1.78. The second kappa shape index (κ2) is 9.64. The Balaban J connectivity index is 2.17. The Bertz CT molecular complexity index is 327. The summed E-state index contributed by atoms with van der Waals surface area (Å²) in [7, 11) is 4.10. The molecule has 0 aliphatic carbocycles. The van der Waals surface area contributed by atoms with Crippen molar-refractivity contribution in [3.63, 3.8) is 0 Å². The Morgan fingerprint density at radius 1 is 1.05 bits per heavy atom. The molecule has 4 heteroatoms. The summed E-state index contributed by atoms with van der Waals surface area (Å²) in [5.41, 5.74) is 0. The van der Waals surface area contributed by atoms with Crippen molar-refractivity contribution < 1.29 is 9.47 Å². The van der Waals surface area contributed by atoms with E-state index in [4.69, 9.17) is 9.47 Å². The van der Waals surface area contributed by atoms with Gasteiger partial charge < -0.3 is 19.7 Å². The van der Waals surface area contributed by atoms with Gasteiger partial charge in [-0.3, -0.25) is 0 Å². The second-order valence-electron chi connectivity index (χ2n) is 4.51. The first-order valence-electron chi connectivity index (χ1n) is 6.95. The zero-order valence-corrected chi connectivity index (χ0v) is 12.3. The highest BCUT2D eigenvalue weighted by atomic mass is 16.5. The molecule has 1 aromatic carbocycles. The van der Waals surface area contributed by atoms with Crippen molar-refractivity contribution >= 4 is 0 Å². The van der Waals surface area contributed by atoms with Gasteiger partial charge in [0.2, 0.25) is 0 Å². The van der Waals surface area contributed by atoms with E-state index in [1.807, 2.05) is 38.2 Å². The number of rotatable bonds is 10. The summed E-state index contributed by atoms with van der Waals surface area (Å²) < 4.78 is 11.1. The lowest BCUT2D eigenvalue weighted by molar-refractivity contribution is 0.235. The van der Waals surface area contributed by atoms with Gasteiger partial charge in [0.25, 0.3) is 0 Å². The molecule has 0 saturated heterocycles. The van der Waals surface area contributed by atoms with Crippen LogP contribution in [-0.4, -0.2) is 51.8 Å². The van der Waals surface area contributed by atoms with Crippen LogP contribution < -0.4 is 14.8 Å². The van der Waals surface area contributed by atoms with Gasteiger partial charge in [0.15, 0.2) is 0 Å². The van der Waals surface area contributed by atoms with Crippen LogP contribution in [0.1, 0.15) is 13.3 Å². The van der Waals surface area contributed by atoms with Gasteiger partial charge in [0.05, 0.1) is 6.61 Å². The fourth-order valence-electron chi connectivity index (χ4n) is 1.76. The van der Waals surface area contributed by atoms with Gasteiger partial charge in [-0.15, -0.1) is 0 Å². The van der Waals surface area contributed by atoms with Crippen LogP contribution in [0.25, 0.3) is 0 Å². The summed E-state index contributed by atoms with van der Waals surface area (Å²) in [6.07, 6.45) is 1.16. The maximum Gasteiger partial charge on any atom is 0.119 e. The maximum absolute atomic E-state index is 5.70. The lowest BCUT2D eigenvalue weighted by Crippen LogP contribution is -2.27. The predicted molar refractivity (Wildman–Crippen MR) is 79.1 cm³/mol. The minimum Gasteiger partial charge on any atom is -0.494 e. The lowest BCUT2D eigenvalue weighted by atomic mass is 10.3. The third kappa shape index (κ3) is 7.03. The number of likely N-dealkylation sites (N-methyl/N-ethyl adjacent to an activating group) is 1. The fourth-order valence-corrected chi connectivity index (χ4v) is 1.76. The number of ether oxygens (including phenoxy) is 2. The molecule has 108 valence electrons. The van der Waals surface area contributed by atoms with Crippen molar-refractivity contribution in [3.05, 3.63) is 24.3 Å². The molecule has 0 unspecified atom stereocenters. The van der Waals surface area contributed by atoms with Crippen molar-refractivity contribution in [1.29, 1.82) is 0 Å². The Morgan fingerprint density at radius 3 is 2.26 bits per heavy atom. The molecule has 0 heterocycles. The van der Waals surface area contributed by atoms with Gasteiger partial charge >= 0.3 is 0 Å². The molecule has 0 aliphatic heterocycles. The molecule has 0 saturated carbocycles. The molecule has 19 heavy (non-hydrogen) atoms. The van der Waals surface area contributed by atoms with E-state index >= 15 is 0 Å². The highest BCUT2D eigenvalue weighted by Crippen LogP contribution is 2.17. The van der Waals surface area contributed by atoms with Crippen molar-refractivity contribution in [3.8, 4) is 11.5 Å². The van der Waals surface area contributed by atoms with E-state index in [0.717, 1.165) is 37.6 Å². The number of hydrogen-bond donors (Lipinski definition) is 1. The van der Waals surface area contributed by atoms with Crippen LogP contribution >= 0.6 is 0 Å². The maximum atomic E-state index is 5.70. The smallest absolute Gasteiger partial charge is 0.119 e. The first-order valence-corrected chi connectivity index (χ1v) is 6.95. The van der Waals surface area contributed by atoms with E-state index in [1.165, 1.54) is 0 Å². The minimum absolute atomic E-state index is 0.692. The van der Waals surface area contributed by atoms with Gasteiger partial charge in [-0.2, -0.15) is 0 Å². The molecule has 0 amide bonds. The van der Waals surface area contributed by atoms with Crippen LogP contribution in [0.15, 0.2) is 24.3 Å². The van der Waals surface area contributed by atoms with E-state index in [9.17, 15) is 0 Å². The van der Waals surface area contributed by atoms with Crippen LogP contribution in [0.3, 0.4) is 0 Å². The van der Waals surface area contributed by atoms with Crippen LogP contribution in [0.2, 0.25) is 0 Å². The Morgan fingerprint density at radius 2 is 1.68 bits per heavy atom. The molecule has 0 radical (unpaired) electrons. The van der Waals surface area contributed by atoms with Crippen LogP contribution in [0.5, 0.6) is 11.5 Å². The first kappa shape index (κ1) is 15.8. The Kier molecular flexibility index (Phi) is 8.02. The van der Waals surface area contributed by atoms with E-state index < -0.39 is 0 Å². The number of hydrogen-bond acceptors (Lipinski definition) is 4. The number of benzene rings is 1. The molecule has 0 spiro atoms. The van der Waals surface area contributed by atoms with E-state index in [0.29, 0.717) is 13.2 Å². The van der Waals surface area contributed by atoms with Crippen LogP contribution in [-0.2, 0) is 0 Å². The monoisotopic (exact) mass is 266 g/mol. The highest BCUT2D eigenvalue weighted by Gasteiger charge is 1.99. The van der Waals surface area contributed by atoms with Gasteiger partial charge in [0, 0.05) is 6.54 Å². The molecular formula is C15H26N2O2. The summed E-state index contributed by atoms with van der Waals surface area (Å²) in [6, 6.07) is 7.78. The van der Waals surface area contributed by atoms with Crippen molar-refractivity contribution in [2.24, 2.45) is 0 Å². The molecule has 0 bridgehead atoms. The van der Waals surface area contributed by atoms with Crippen LogP contribution in [0.4, 0.5) is 0 Å². The number of nitrogens with zero attached hydrogens (tertiary/aromatic N) is 1. The van der Waals surface area contributed by atoms with Crippen LogP contribution in [0, 0.1) is 0 Å². The minimum atomic E-state index is 0.692. The normalized spacial score (nSPS) is 10.7. The average Bonchev–Trinajstić information content (AvgIpc) is 2.41. The van der Waals surface area contributed by atoms with E-state index in [-0.39, 0.29) is 0 Å². The third-order valence-corrected chi connectivity index (χ3v) is 2.84.